The number of piperazine rings is 1. The first-order valence-electron chi connectivity index (χ1n) is 8.28. The van der Waals surface area contributed by atoms with Crippen LogP contribution in [0.25, 0.3) is 20.7 Å². The number of fused-ring (bicyclic) bond motifs is 1. The number of thiophene rings is 1. The van der Waals surface area contributed by atoms with Crippen molar-refractivity contribution in [2.75, 3.05) is 24.5 Å². The molecule has 4 rings (SSSR count). The fourth-order valence-corrected chi connectivity index (χ4v) is 4.39. The second kappa shape index (κ2) is 6.53. The highest BCUT2D eigenvalue weighted by Gasteiger charge is 2.29. The van der Waals surface area contributed by atoms with E-state index in [1.165, 1.54) is 23.4 Å². The summed E-state index contributed by atoms with van der Waals surface area (Å²) in [5.74, 6) is 0.561. The van der Waals surface area contributed by atoms with Crippen molar-refractivity contribution in [3.05, 3.63) is 42.5 Å². The van der Waals surface area contributed by atoms with Gasteiger partial charge in [0, 0.05) is 30.6 Å². The van der Waals surface area contributed by atoms with Gasteiger partial charge in [-0.3, -0.25) is 0 Å². The van der Waals surface area contributed by atoms with Crippen molar-refractivity contribution in [3.8, 4) is 10.4 Å². The standard InChI is InChI=1S/C18H17FN4O2S/c1-11-9-22(6-7-23(11)18(24)25)17-16-14(20-10-21-17)8-15(26-16)12-2-4-13(19)5-3-12/h2-5,8,10-11H,6-7,9H2,1H3,(H,24,25)/t11-/m1/s1. The molecule has 3 aromatic rings. The second-order valence-electron chi connectivity index (χ2n) is 6.30. The van der Waals surface area contributed by atoms with Gasteiger partial charge in [0.1, 0.15) is 18.0 Å². The molecule has 0 bridgehead atoms. The van der Waals surface area contributed by atoms with Gasteiger partial charge in [0.15, 0.2) is 0 Å². The zero-order valence-electron chi connectivity index (χ0n) is 14.1. The Morgan fingerprint density at radius 2 is 2.04 bits per heavy atom. The minimum atomic E-state index is -0.889. The normalized spacial score (nSPS) is 17.7. The van der Waals surface area contributed by atoms with E-state index in [0.29, 0.717) is 19.6 Å². The Kier molecular flexibility index (Phi) is 4.20. The average Bonchev–Trinajstić information content (AvgIpc) is 3.06. The van der Waals surface area contributed by atoms with Crippen LogP contribution >= 0.6 is 11.3 Å². The Morgan fingerprint density at radius 1 is 1.27 bits per heavy atom. The molecule has 2 aromatic heterocycles. The van der Waals surface area contributed by atoms with Crippen LogP contribution in [0.2, 0.25) is 0 Å². The predicted octanol–water partition coefficient (Wildman–Crippen LogP) is 3.69. The summed E-state index contributed by atoms with van der Waals surface area (Å²) in [6, 6.07) is 8.26. The van der Waals surface area contributed by atoms with Gasteiger partial charge in [-0.05, 0) is 30.7 Å². The maximum atomic E-state index is 13.2. The minimum Gasteiger partial charge on any atom is -0.465 e. The Hall–Kier alpha value is -2.74. The van der Waals surface area contributed by atoms with E-state index >= 15 is 0 Å². The van der Waals surface area contributed by atoms with Gasteiger partial charge >= 0.3 is 6.09 Å². The van der Waals surface area contributed by atoms with Gasteiger partial charge in [0.25, 0.3) is 0 Å². The van der Waals surface area contributed by atoms with Crippen LogP contribution in [0.4, 0.5) is 15.0 Å². The van der Waals surface area contributed by atoms with Crippen LogP contribution in [0.3, 0.4) is 0 Å². The van der Waals surface area contributed by atoms with Crippen LogP contribution in [-0.4, -0.2) is 51.7 Å². The van der Waals surface area contributed by atoms with Crippen molar-refractivity contribution < 1.29 is 14.3 Å². The first-order valence-corrected chi connectivity index (χ1v) is 9.09. The highest BCUT2D eigenvalue weighted by molar-refractivity contribution is 7.22. The summed E-state index contributed by atoms with van der Waals surface area (Å²) in [4.78, 5) is 24.6. The molecule has 134 valence electrons. The number of rotatable bonds is 2. The van der Waals surface area contributed by atoms with Crippen LogP contribution in [-0.2, 0) is 0 Å². The summed E-state index contributed by atoms with van der Waals surface area (Å²) in [6.45, 7) is 3.52. The van der Waals surface area contributed by atoms with E-state index in [1.54, 1.807) is 23.5 Å². The predicted molar refractivity (Wildman–Crippen MR) is 99.2 cm³/mol. The lowest BCUT2D eigenvalue weighted by molar-refractivity contribution is 0.122. The van der Waals surface area contributed by atoms with Crippen molar-refractivity contribution >= 4 is 33.5 Å². The van der Waals surface area contributed by atoms with Crippen LogP contribution in [0, 0.1) is 5.82 Å². The van der Waals surface area contributed by atoms with Crippen LogP contribution < -0.4 is 4.90 Å². The molecular weight excluding hydrogens is 355 g/mol. The summed E-state index contributed by atoms with van der Waals surface area (Å²) in [5, 5.41) is 9.24. The second-order valence-corrected chi connectivity index (χ2v) is 7.35. The van der Waals surface area contributed by atoms with E-state index in [-0.39, 0.29) is 11.9 Å². The summed E-state index contributed by atoms with van der Waals surface area (Å²) >= 11 is 1.57. The Morgan fingerprint density at radius 3 is 2.73 bits per heavy atom. The molecule has 1 aliphatic heterocycles. The molecule has 1 saturated heterocycles. The van der Waals surface area contributed by atoms with E-state index in [9.17, 15) is 14.3 Å². The molecule has 1 atom stereocenters. The number of hydrogen-bond donors (Lipinski definition) is 1. The van der Waals surface area contributed by atoms with Gasteiger partial charge in [0.2, 0.25) is 0 Å². The Bertz CT molecular complexity index is 959. The van der Waals surface area contributed by atoms with Crippen LogP contribution in [0.5, 0.6) is 0 Å². The monoisotopic (exact) mass is 372 g/mol. The Labute approximate surface area is 153 Å². The summed E-state index contributed by atoms with van der Waals surface area (Å²) in [5.41, 5.74) is 1.78. The van der Waals surface area contributed by atoms with E-state index in [2.05, 4.69) is 14.9 Å². The number of carbonyl (C=O) groups is 1. The van der Waals surface area contributed by atoms with Gasteiger partial charge in [0.05, 0.1) is 10.2 Å². The molecule has 1 amide bonds. The third-order valence-corrected chi connectivity index (χ3v) is 5.76. The first-order chi connectivity index (χ1) is 12.5. The number of carboxylic acid groups (broad SMARTS) is 1. The molecule has 0 radical (unpaired) electrons. The molecule has 8 heteroatoms. The zero-order valence-corrected chi connectivity index (χ0v) is 14.9. The van der Waals surface area contributed by atoms with Crippen molar-refractivity contribution in [3.63, 3.8) is 0 Å². The number of nitrogens with zero attached hydrogens (tertiary/aromatic N) is 4. The number of hydrogen-bond acceptors (Lipinski definition) is 5. The van der Waals surface area contributed by atoms with Crippen molar-refractivity contribution in [1.82, 2.24) is 14.9 Å². The number of aromatic nitrogens is 2. The fourth-order valence-electron chi connectivity index (χ4n) is 3.26. The van der Waals surface area contributed by atoms with E-state index in [0.717, 1.165) is 26.5 Å². The first kappa shape index (κ1) is 16.7. The maximum Gasteiger partial charge on any atom is 0.407 e. The molecule has 3 heterocycles. The third kappa shape index (κ3) is 2.96. The SMILES string of the molecule is C[C@@H]1CN(c2ncnc3cc(-c4ccc(F)cc4)sc23)CCN1C(=O)O. The number of amides is 1. The van der Waals surface area contributed by atoms with Crippen LogP contribution in [0.1, 0.15) is 6.92 Å². The molecule has 0 aliphatic carbocycles. The van der Waals surface area contributed by atoms with Crippen molar-refractivity contribution in [1.29, 1.82) is 0 Å². The lowest BCUT2D eigenvalue weighted by atomic mass is 10.2. The molecule has 1 fully saturated rings. The topological polar surface area (TPSA) is 69.6 Å². The smallest absolute Gasteiger partial charge is 0.407 e. The fraction of sp³-hybridized carbons (Fsp3) is 0.278. The molecule has 6 nitrogen and oxygen atoms in total. The third-order valence-electron chi connectivity index (χ3n) is 4.59. The van der Waals surface area contributed by atoms with Gasteiger partial charge in [-0.15, -0.1) is 11.3 Å². The van der Waals surface area contributed by atoms with E-state index < -0.39 is 6.09 Å². The molecule has 26 heavy (non-hydrogen) atoms. The van der Waals surface area contributed by atoms with E-state index in [4.69, 9.17) is 0 Å². The Balaban J connectivity index is 1.68. The zero-order chi connectivity index (χ0) is 18.3. The number of benzene rings is 1. The summed E-state index contributed by atoms with van der Waals surface area (Å²) in [7, 11) is 0. The molecular formula is C18H17FN4O2S. The average molecular weight is 372 g/mol. The van der Waals surface area contributed by atoms with Crippen molar-refractivity contribution in [2.24, 2.45) is 0 Å². The largest absolute Gasteiger partial charge is 0.465 e. The lowest BCUT2D eigenvalue weighted by Crippen LogP contribution is -2.54. The molecule has 1 aromatic carbocycles. The van der Waals surface area contributed by atoms with Crippen LogP contribution in [0.15, 0.2) is 36.7 Å². The van der Waals surface area contributed by atoms with E-state index in [1.807, 2.05) is 13.0 Å². The number of halogens is 1. The molecule has 0 spiro atoms. The molecule has 1 N–H and O–H groups in total. The van der Waals surface area contributed by atoms with Gasteiger partial charge in [-0.25, -0.2) is 19.2 Å². The number of anilines is 1. The minimum absolute atomic E-state index is 0.109. The highest BCUT2D eigenvalue weighted by atomic mass is 32.1. The van der Waals surface area contributed by atoms with Gasteiger partial charge in [-0.1, -0.05) is 12.1 Å². The molecule has 0 saturated carbocycles. The summed E-state index contributed by atoms with van der Waals surface area (Å²) in [6.07, 6.45) is 0.646. The van der Waals surface area contributed by atoms with Gasteiger partial charge < -0.3 is 14.9 Å². The van der Waals surface area contributed by atoms with Gasteiger partial charge in [-0.2, -0.15) is 0 Å². The summed E-state index contributed by atoms with van der Waals surface area (Å²) < 4.78 is 14.1. The quantitative estimate of drug-likeness (QED) is 0.743. The maximum absolute atomic E-state index is 13.2. The highest BCUT2D eigenvalue weighted by Crippen LogP contribution is 2.37. The lowest BCUT2D eigenvalue weighted by Gasteiger charge is -2.38. The molecule has 0 unspecified atom stereocenters. The molecule has 1 aliphatic rings. The van der Waals surface area contributed by atoms with Crippen molar-refractivity contribution in [2.45, 2.75) is 13.0 Å².